The summed E-state index contributed by atoms with van der Waals surface area (Å²) in [6.45, 7) is 4.84. The first-order chi connectivity index (χ1) is 7.75. The number of likely N-dealkylation sites (tertiary alicyclic amines) is 1. The van der Waals surface area contributed by atoms with Crippen molar-refractivity contribution in [1.82, 2.24) is 10.2 Å². The maximum atomic E-state index is 12.0. The number of rotatable bonds is 6. The summed E-state index contributed by atoms with van der Waals surface area (Å²) in [4.78, 5) is 14.0. The van der Waals surface area contributed by atoms with Gasteiger partial charge in [0.15, 0.2) is 0 Å². The second-order valence-electron chi connectivity index (χ2n) is 4.41. The highest BCUT2D eigenvalue weighted by Crippen LogP contribution is 2.09. The Hall–Kier alpha value is -0.220. The summed E-state index contributed by atoms with van der Waals surface area (Å²) in [5.41, 5.74) is 0. The zero-order valence-corrected chi connectivity index (χ0v) is 11.3. The summed E-state index contributed by atoms with van der Waals surface area (Å²) in [5, 5.41) is 3.31. The van der Waals surface area contributed by atoms with E-state index in [9.17, 15) is 4.79 Å². The van der Waals surface area contributed by atoms with Crippen LogP contribution in [-0.4, -0.2) is 48.5 Å². The molecule has 1 amide bonds. The zero-order chi connectivity index (χ0) is 11.8. The number of carbonyl (C=O) groups is 1. The molecule has 16 heavy (non-hydrogen) atoms. The third kappa shape index (κ3) is 4.74. The number of carbonyl (C=O) groups excluding carboxylic acids is 1. The Balaban J connectivity index is 2.18. The molecule has 0 radical (unpaired) electrons. The Morgan fingerprint density at radius 1 is 1.38 bits per heavy atom. The fraction of sp³-hybridized carbons (Fsp3) is 0.917. The van der Waals surface area contributed by atoms with Gasteiger partial charge in [0.2, 0.25) is 5.91 Å². The molecule has 1 heterocycles. The number of piperidine rings is 1. The van der Waals surface area contributed by atoms with E-state index in [0.29, 0.717) is 0 Å². The molecule has 1 unspecified atom stereocenters. The Kier molecular flexibility index (Phi) is 6.88. The Morgan fingerprint density at radius 2 is 2.06 bits per heavy atom. The van der Waals surface area contributed by atoms with Gasteiger partial charge in [-0.15, -0.1) is 0 Å². The van der Waals surface area contributed by atoms with E-state index in [1.807, 2.05) is 23.6 Å². The molecule has 0 aromatic rings. The van der Waals surface area contributed by atoms with Crippen molar-refractivity contribution in [3.05, 3.63) is 0 Å². The molecular weight excluding hydrogens is 220 g/mol. The van der Waals surface area contributed by atoms with E-state index < -0.39 is 0 Å². The Morgan fingerprint density at radius 3 is 2.69 bits per heavy atom. The highest BCUT2D eigenvalue weighted by molar-refractivity contribution is 7.98. The van der Waals surface area contributed by atoms with Crippen LogP contribution >= 0.6 is 11.8 Å². The van der Waals surface area contributed by atoms with E-state index in [1.165, 1.54) is 19.3 Å². The first-order valence-electron chi connectivity index (χ1n) is 6.27. The number of hydrogen-bond donors (Lipinski definition) is 1. The van der Waals surface area contributed by atoms with Gasteiger partial charge in [0.1, 0.15) is 0 Å². The summed E-state index contributed by atoms with van der Waals surface area (Å²) in [5.74, 6) is 1.45. The molecule has 1 fully saturated rings. The van der Waals surface area contributed by atoms with Crippen LogP contribution in [0.4, 0.5) is 0 Å². The molecule has 1 aliphatic rings. The molecule has 0 saturated carbocycles. The highest BCUT2D eigenvalue weighted by atomic mass is 32.2. The van der Waals surface area contributed by atoms with Crippen LogP contribution < -0.4 is 5.32 Å². The lowest BCUT2D eigenvalue weighted by Crippen LogP contribution is -2.47. The van der Waals surface area contributed by atoms with E-state index in [0.717, 1.165) is 31.8 Å². The SMILES string of the molecule is CSCCCNC(C)C(=O)N1CCCCC1. The summed E-state index contributed by atoms with van der Waals surface area (Å²) in [6.07, 6.45) is 6.87. The number of nitrogens with one attached hydrogen (secondary N) is 1. The van der Waals surface area contributed by atoms with Crippen LogP contribution in [-0.2, 0) is 4.79 Å². The summed E-state index contributed by atoms with van der Waals surface area (Å²) < 4.78 is 0. The fourth-order valence-electron chi connectivity index (χ4n) is 2.01. The van der Waals surface area contributed by atoms with Crippen molar-refractivity contribution in [1.29, 1.82) is 0 Å². The molecule has 1 saturated heterocycles. The van der Waals surface area contributed by atoms with E-state index in [2.05, 4.69) is 11.6 Å². The van der Waals surface area contributed by atoms with Crippen LogP contribution in [0.2, 0.25) is 0 Å². The molecule has 4 heteroatoms. The zero-order valence-electron chi connectivity index (χ0n) is 10.5. The fourth-order valence-corrected chi connectivity index (χ4v) is 2.44. The van der Waals surface area contributed by atoms with Crippen LogP contribution in [0.5, 0.6) is 0 Å². The van der Waals surface area contributed by atoms with Crippen molar-refractivity contribution in [3.63, 3.8) is 0 Å². The maximum Gasteiger partial charge on any atom is 0.239 e. The van der Waals surface area contributed by atoms with Crippen molar-refractivity contribution < 1.29 is 4.79 Å². The first kappa shape index (κ1) is 13.8. The third-order valence-electron chi connectivity index (χ3n) is 3.01. The molecule has 1 aliphatic heterocycles. The average molecular weight is 244 g/mol. The molecule has 1 N–H and O–H groups in total. The second kappa shape index (κ2) is 7.96. The highest BCUT2D eigenvalue weighted by Gasteiger charge is 2.21. The lowest BCUT2D eigenvalue weighted by molar-refractivity contribution is -0.133. The summed E-state index contributed by atoms with van der Waals surface area (Å²) in [6, 6.07) is -0.0139. The minimum absolute atomic E-state index is 0.0139. The van der Waals surface area contributed by atoms with Crippen LogP contribution in [0.1, 0.15) is 32.6 Å². The predicted octanol–water partition coefficient (Wildman–Crippen LogP) is 1.73. The van der Waals surface area contributed by atoms with E-state index in [1.54, 1.807) is 0 Å². The van der Waals surface area contributed by atoms with Crippen LogP contribution in [0.25, 0.3) is 0 Å². The Labute approximate surface area is 103 Å². The lowest BCUT2D eigenvalue weighted by Gasteiger charge is -2.29. The van der Waals surface area contributed by atoms with Gasteiger partial charge in [0.05, 0.1) is 6.04 Å². The topological polar surface area (TPSA) is 32.3 Å². The smallest absolute Gasteiger partial charge is 0.239 e. The average Bonchev–Trinajstić information content (AvgIpc) is 2.34. The van der Waals surface area contributed by atoms with Gasteiger partial charge in [-0.3, -0.25) is 4.79 Å². The standard InChI is InChI=1S/C12H24N2OS/c1-11(13-7-6-10-16-2)12(15)14-8-4-3-5-9-14/h11,13H,3-10H2,1-2H3. The van der Waals surface area contributed by atoms with Crippen molar-refractivity contribution >= 4 is 17.7 Å². The van der Waals surface area contributed by atoms with E-state index >= 15 is 0 Å². The molecule has 0 aliphatic carbocycles. The number of amides is 1. The van der Waals surface area contributed by atoms with Gasteiger partial charge in [-0.25, -0.2) is 0 Å². The third-order valence-corrected chi connectivity index (χ3v) is 3.71. The van der Waals surface area contributed by atoms with Crippen LogP contribution in [0.15, 0.2) is 0 Å². The molecule has 1 atom stereocenters. The van der Waals surface area contributed by atoms with Gasteiger partial charge in [-0.1, -0.05) is 0 Å². The van der Waals surface area contributed by atoms with Crippen molar-refractivity contribution in [2.24, 2.45) is 0 Å². The molecule has 3 nitrogen and oxygen atoms in total. The Bertz CT molecular complexity index is 205. The molecule has 94 valence electrons. The molecular formula is C12H24N2OS. The minimum atomic E-state index is -0.0139. The van der Waals surface area contributed by atoms with Gasteiger partial charge >= 0.3 is 0 Å². The number of nitrogens with zero attached hydrogens (tertiary/aromatic N) is 1. The summed E-state index contributed by atoms with van der Waals surface area (Å²) in [7, 11) is 0. The summed E-state index contributed by atoms with van der Waals surface area (Å²) >= 11 is 1.85. The predicted molar refractivity (Wildman–Crippen MR) is 70.9 cm³/mol. The monoisotopic (exact) mass is 244 g/mol. The lowest BCUT2D eigenvalue weighted by atomic mass is 10.1. The molecule has 0 aromatic heterocycles. The van der Waals surface area contributed by atoms with Gasteiger partial charge in [0, 0.05) is 13.1 Å². The normalized spacial score (nSPS) is 18.5. The van der Waals surface area contributed by atoms with Crippen molar-refractivity contribution in [3.8, 4) is 0 Å². The van der Waals surface area contributed by atoms with Gasteiger partial charge in [-0.2, -0.15) is 11.8 Å². The van der Waals surface area contributed by atoms with Gasteiger partial charge in [0.25, 0.3) is 0 Å². The molecule has 0 aromatic carbocycles. The molecule has 1 rings (SSSR count). The number of thioether (sulfide) groups is 1. The van der Waals surface area contributed by atoms with Crippen LogP contribution in [0, 0.1) is 0 Å². The van der Waals surface area contributed by atoms with Gasteiger partial charge in [-0.05, 0) is 51.2 Å². The minimum Gasteiger partial charge on any atom is -0.341 e. The van der Waals surface area contributed by atoms with Crippen molar-refractivity contribution in [2.75, 3.05) is 31.6 Å². The van der Waals surface area contributed by atoms with Gasteiger partial charge < -0.3 is 10.2 Å². The quantitative estimate of drug-likeness (QED) is 0.722. The second-order valence-corrected chi connectivity index (χ2v) is 5.39. The van der Waals surface area contributed by atoms with Crippen LogP contribution in [0.3, 0.4) is 0 Å². The largest absolute Gasteiger partial charge is 0.341 e. The molecule has 0 bridgehead atoms. The number of hydrogen-bond acceptors (Lipinski definition) is 3. The first-order valence-corrected chi connectivity index (χ1v) is 7.66. The van der Waals surface area contributed by atoms with E-state index in [-0.39, 0.29) is 11.9 Å². The maximum absolute atomic E-state index is 12.0. The van der Waals surface area contributed by atoms with E-state index in [4.69, 9.17) is 0 Å². The van der Waals surface area contributed by atoms with Crippen molar-refractivity contribution in [2.45, 2.75) is 38.6 Å². The molecule has 0 spiro atoms.